The van der Waals surface area contributed by atoms with Crippen molar-refractivity contribution >= 4 is 0 Å². The first-order valence-corrected chi connectivity index (χ1v) is 6.38. The molecule has 2 heteroatoms. The van der Waals surface area contributed by atoms with E-state index in [0.717, 1.165) is 11.7 Å². The van der Waals surface area contributed by atoms with Gasteiger partial charge in [0.15, 0.2) is 0 Å². The molecule has 1 fully saturated rings. The maximum Gasteiger partial charge on any atom is 0.103 e. The third kappa shape index (κ3) is 3.08. The average Bonchev–Trinajstić information content (AvgIpc) is 2.69. The van der Waals surface area contributed by atoms with Crippen LogP contribution in [-0.2, 0) is 0 Å². The molecule has 1 aliphatic carbocycles. The van der Waals surface area contributed by atoms with Gasteiger partial charge in [-0.1, -0.05) is 38.5 Å². The molecule has 1 N–H and O–H groups in total. The minimum atomic E-state index is 0.740. The minimum Gasteiger partial charge on any atom is -0.346 e. The molecule has 2 nitrogen and oxygen atoms in total. The van der Waals surface area contributed by atoms with E-state index in [0.29, 0.717) is 0 Å². The van der Waals surface area contributed by atoms with Gasteiger partial charge in [-0.15, -0.1) is 0 Å². The third-order valence-electron chi connectivity index (χ3n) is 3.52. The molecule has 0 saturated heterocycles. The topological polar surface area (TPSA) is 28.7 Å². The number of H-pyrrole nitrogens is 1. The summed E-state index contributed by atoms with van der Waals surface area (Å²) in [6, 6.07) is 0. The van der Waals surface area contributed by atoms with E-state index < -0.39 is 0 Å². The summed E-state index contributed by atoms with van der Waals surface area (Å²) >= 11 is 0. The summed E-state index contributed by atoms with van der Waals surface area (Å²) in [7, 11) is 0. The highest BCUT2D eigenvalue weighted by molar-refractivity contribution is 5.06. The van der Waals surface area contributed by atoms with Crippen LogP contribution in [0.1, 0.15) is 68.8 Å². The number of rotatable bonds is 1. The van der Waals surface area contributed by atoms with E-state index in [1.165, 1.54) is 57.1 Å². The molecule has 1 aromatic rings. The van der Waals surface area contributed by atoms with Crippen LogP contribution < -0.4 is 0 Å². The summed E-state index contributed by atoms with van der Waals surface area (Å²) in [5, 5.41) is 0. The Morgan fingerprint density at radius 1 is 1.07 bits per heavy atom. The Hall–Kier alpha value is -0.790. The summed E-state index contributed by atoms with van der Waals surface area (Å²) in [4.78, 5) is 7.72. The first-order valence-electron chi connectivity index (χ1n) is 6.38. The van der Waals surface area contributed by atoms with Crippen molar-refractivity contribution in [1.29, 1.82) is 0 Å². The second-order valence-electron chi connectivity index (χ2n) is 4.82. The summed E-state index contributed by atoms with van der Waals surface area (Å²) < 4.78 is 0. The van der Waals surface area contributed by atoms with Gasteiger partial charge in [-0.3, -0.25) is 0 Å². The van der Waals surface area contributed by atoms with E-state index in [1.807, 2.05) is 13.1 Å². The van der Waals surface area contributed by atoms with Gasteiger partial charge in [0, 0.05) is 17.8 Å². The fourth-order valence-corrected chi connectivity index (χ4v) is 2.59. The van der Waals surface area contributed by atoms with Gasteiger partial charge >= 0.3 is 0 Å². The van der Waals surface area contributed by atoms with Crippen molar-refractivity contribution in [3.63, 3.8) is 0 Å². The third-order valence-corrected chi connectivity index (χ3v) is 3.52. The number of aromatic nitrogens is 2. The van der Waals surface area contributed by atoms with Gasteiger partial charge in [0.1, 0.15) is 5.82 Å². The number of aromatic amines is 1. The lowest BCUT2D eigenvalue weighted by molar-refractivity contribution is 0.530. The van der Waals surface area contributed by atoms with Gasteiger partial charge in [-0.05, 0) is 19.8 Å². The molecule has 0 aliphatic heterocycles. The second kappa shape index (κ2) is 5.34. The summed E-state index contributed by atoms with van der Waals surface area (Å²) in [6.45, 7) is 2.04. The maximum atomic E-state index is 4.31. The predicted molar refractivity (Wildman–Crippen MR) is 63.0 cm³/mol. The van der Waals surface area contributed by atoms with E-state index >= 15 is 0 Å². The van der Waals surface area contributed by atoms with Crippen molar-refractivity contribution in [2.45, 2.75) is 64.2 Å². The van der Waals surface area contributed by atoms with Crippen molar-refractivity contribution in [3.8, 4) is 0 Å². The Kier molecular flexibility index (Phi) is 3.81. The summed E-state index contributed by atoms with van der Waals surface area (Å²) in [5.41, 5.74) is 1.37. The molecule has 15 heavy (non-hydrogen) atoms. The van der Waals surface area contributed by atoms with Gasteiger partial charge in [0.25, 0.3) is 0 Å². The van der Waals surface area contributed by atoms with Gasteiger partial charge < -0.3 is 4.98 Å². The van der Waals surface area contributed by atoms with Crippen LogP contribution >= 0.6 is 0 Å². The molecule has 0 unspecified atom stereocenters. The Balaban J connectivity index is 1.98. The van der Waals surface area contributed by atoms with Crippen LogP contribution in [0.4, 0.5) is 0 Å². The molecule has 0 radical (unpaired) electrons. The highest BCUT2D eigenvalue weighted by Crippen LogP contribution is 2.29. The van der Waals surface area contributed by atoms with E-state index in [4.69, 9.17) is 0 Å². The van der Waals surface area contributed by atoms with E-state index in [9.17, 15) is 0 Å². The van der Waals surface area contributed by atoms with Crippen LogP contribution in [0.3, 0.4) is 0 Å². The maximum absolute atomic E-state index is 4.31. The second-order valence-corrected chi connectivity index (χ2v) is 4.82. The van der Waals surface area contributed by atoms with Gasteiger partial charge in [0.2, 0.25) is 0 Å². The summed E-state index contributed by atoms with van der Waals surface area (Å²) in [6.07, 6.45) is 13.2. The first kappa shape index (κ1) is 10.7. The van der Waals surface area contributed by atoms with E-state index in [1.54, 1.807) is 0 Å². The molecule has 0 aromatic carbocycles. The number of hydrogen-bond donors (Lipinski definition) is 1. The molecular weight excluding hydrogens is 184 g/mol. The smallest absolute Gasteiger partial charge is 0.103 e. The Bertz CT molecular complexity index is 280. The van der Waals surface area contributed by atoms with Crippen LogP contribution in [-0.4, -0.2) is 9.97 Å². The molecular formula is C13H22N2. The largest absolute Gasteiger partial charge is 0.346 e. The number of hydrogen-bond acceptors (Lipinski definition) is 1. The molecule has 1 aliphatic rings. The molecule has 2 rings (SSSR count). The highest BCUT2D eigenvalue weighted by atomic mass is 14.9. The Morgan fingerprint density at radius 2 is 1.67 bits per heavy atom. The first-order chi connectivity index (χ1) is 7.36. The molecule has 0 bridgehead atoms. The van der Waals surface area contributed by atoms with Crippen molar-refractivity contribution in [1.82, 2.24) is 9.97 Å². The lowest BCUT2D eigenvalue weighted by Gasteiger charge is -2.13. The monoisotopic (exact) mass is 206 g/mol. The number of aryl methyl sites for hydroxylation is 1. The van der Waals surface area contributed by atoms with Crippen molar-refractivity contribution < 1.29 is 0 Å². The van der Waals surface area contributed by atoms with Crippen LogP contribution in [0.2, 0.25) is 0 Å². The zero-order valence-electron chi connectivity index (χ0n) is 9.76. The predicted octanol–water partition coefficient (Wildman–Crippen LogP) is 3.94. The number of nitrogens with zero attached hydrogens (tertiary/aromatic N) is 1. The van der Waals surface area contributed by atoms with Crippen LogP contribution in [0, 0.1) is 6.92 Å². The van der Waals surface area contributed by atoms with Crippen LogP contribution in [0.15, 0.2) is 6.20 Å². The molecule has 0 amide bonds. The lowest BCUT2D eigenvalue weighted by Crippen LogP contribution is -1.99. The molecule has 84 valence electrons. The van der Waals surface area contributed by atoms with Crippen molar-refractivity contribution in [2.75, 3.05) is 0 Å². The van der Waals surface area contributed by atoms with Gasteiger partial charge in [-0.2, -0.15) is 0 Å². The molecule has 0 spiro atoms. The SMILES string of the molecule is Cc1ncc(C2CCCCCCCC2)[nH]1. The quantitative estimate of drug-likeness (QED) is 0.741. The fourth-order valence-electron chi connectivity index (χ4n) is 2.59. The van der Waals surface area contributed by atoms with E-state index in [-0.39, 0.29) is 0 Å². The van der Waals surface area contributed by atoms with Crippen LogP contribution in [0.25, 0.3) is 0 Å². The minimum absolute atomic E-state index is 0.740. The number of imidazole rings is 1. The zero-order chi connectivity index (χ0) is 10.5. The van der Waals surface area contributed by atoms with Crippen molar-refractivity contribution in [2.24, 2.45) is 0 Å². The van der Waals surface area contributed by atoms with Crippen molar-refractivity contribution in [3.05, 3.63) is 17.7 Å². The van der Waals surface area contributed by atoms with Gasteiger partial charge in [0.05, 0.1) is 0 Å². The number of nitrogens with one attached hydrogen (secondary N) is 1. The standard InChI is InChI=1S/C13H22N2/c1-11-14-10-13(15-11)12-8-6-4-2-3-5-7-9-12/h10,12H,2-9H2,1H3,(H,14,15). The molecule has 1 saturated carbocycles. The fraction of sp³-hybridized carbons (Fsp3) is 0.769. The highest BCUT2D eigenvalue weighted by Gasteiger charge is 2.14. The average molecular weight is 206 g/mol. The zero-order valence-corrected chi connectivity index (χ0v) is 9.76. The lowest BCUT2D eigenvalue weighted by atomic mass is 9.94. The van der Waals surface area contributed by atoms with Crippen LogP contribution in [0.5, 0.6) is 0 Å². The molecule has 1 heterocycles. The molecule has 1 aromatic heterocycles. The Labute approximate surface area is 92.5 Å². The molecule has 0 atom stereocenters. The summed E-state index contributed by atoms with van der Waals surface area (Å²) in [5.74, 6) is 1.80. The van der Waals surface area contributed by atoms with Gasteiger partial charge in [-0.25, -0.2) is 4.98 Å². The Morgan fingerprint density at radius 3 is 2.20 bits per heavy atom. The normalized spacial score (nSPS) is 20.6. The van der Waals surface area contributed by atoms with E-state index in [2.05, 4.69) is 9.97 Å².